The smallest absolute Gasteiger partial charge is 0.410 e. The summed E-state index contributed by atoms with van der Waals surface area (Å²) in [7, 11) is 3.33. The molecular weight excluding hydrogens is 482 g/mol. The van der Waals surface area contributed by atoms with Gasteiger partial charge in [-0.25, -0.2) is 14.8 Å². The summed E-state index contributed by atoms with van der Waals surface area (Å²) < 4.78 is 16.1. The zero-order valence-corrected chi connectivity index (χ0v) is 22.9. The van der Waals surface area contributed by atoms with Crippen LogP contribution in [0.4, 0.5) is 16.4 Å². The van der Waals surface area contributed by atoms with Crippen LogP contribution in [0.1, 0.15) is 31.9 Å². The lowest BCUT2D eigenvalue weighted by Crippen LogP contribution is -2.50. The van der Waals surface area contributed by atoms with Crippen molar-refractivity contribution in [2.75, 3.05) is 50.2 Å². The number of piperazine rings is 1. The Hall–Kier alpha value is -4.01. The number of carbonyl (C=O) groups excluding carboxylic acids is 1. The zero-order chi connectivity index (χ0) is 27.1. The average molecular weight is 520 g/mol. The normalized spacial score (nSPS) is 13.7. The first kappa shape index (κ1) is 27.0. The number of hydrogen-bond donors (Lipinski definition) is 0. The van der Waals surface area contributed by atoms with Gasteiger partial charge < -0.3 is 28.9 Å². The Labute approximate surface area is 225 Å². The number of anilines is 2. The van der Waals surface area contributed by atoms with E-state index < -0.39 is 5.60 Å². The predicted molar refractivity (Wildman–Crippen MR) is 148 cm³/mol. The molecule has 0 aliphatic carbocycles. The summed E-state index contributed by atoms with van der Waals surface area (Å²) in [6, 6.07) is 16.1. The molecule has 2 heterocycles. The van der Waals surface area contributed by atoms with Crippen molar-refractivity contribution in [1.82, 2.24) is 14.9 Å². The molecule has 0 bridgehead atoms. The van der Waals surface area contributed by atoms with Gasteiger partial charge in [-0.3, -0.25) is 0 Å². The number of amides is 1. The Morgan fingerprint density at radius 1 is 0.816 bits per heavy atom. The molecule has 38 heavy (non-hydrogen) atoms. The van der Waals surface area contributed by atoms with Crippen molar-refractivity contribution in [3.8, 4) is 11.5 Å². The Morgan fingerprint density at radius 2 is 1.29 bits per heavy atom. The van der Waals surface area contributed by atoms with Crippen LogP contribution in [0.2, 0.25) is 0 Å². The minimum atomic E-state index is -0.499. The number of carbonyl (C=O) groups is 1. The Bertz CT molecular complexity index is 1120. The highest BCUT2D eigenvalue weighted by atomic mass is 16.6. The van der Waals surface area contributed by atoms with Gasteiger partial charge in [0.25, 0.3) is 0 Å². The van der Waals surface area contributed by atoms with Gasteiger partial charge in [-0.2, -0.15) is 0 Å². The fourth-order valence-corrected chi connectivity index (χ4v) is 4.21. The van der Waals surface area contributed by atoms with Gasteiger partial charge in [-0.05, 0) is 56.2 Å². The van der Waals surface area contributed by atoms with Crippen LogP contribution in [0, 0.1) is 0 Å². The van der Waals surface area contributed by atoms with Crippen LogP contribution in [0.5, 0.6) is 11.5 Å². The van der Waals surface area contributed by atoms with Crippen LogP contribution < -0.4 is 19.3 Å². The summed E-state index contributed by atoms with van der Waals surface area (Å²) in [5.74, 6) is 2.29. The van der Waals surface area contributed by atoms with Crippen LogP contribution in [0.3, 0.4) is 0 Å². The SMILES string of the molecule is COc1ccc(CN(Cc2ccc(OC)cc2)c2ncc(N3CCN(C(=O)OC(C)(C)C)CC3)cn2)cc1. The first-order valence-corrected chi connectivity index (χ1v) is 12.8. The average Bonchev–Trinajstić information content (AvgIpc) is 2.93. The lowest BCUT2D eigenvalue weighted by atomic mass is 10.1. The number of rotatable bonds is 8. The molecule has 0 atom stereocenters. The van der Waals surface area contributed by atoms with Crippen LogP contribution >= 0.6 is 0 Å². The maximum atomic E-state index is 12.4. The van der Waals surface area contributed by atoms with E-state index in [0.29, 0.717) is 45.2 Å². The van der Waals surface area contributed by atoms with E-state index in [0.717, 1.165) is 28.3 Å². The van der Waals surface area contributed by atoms with Crippen molar-refractivity contribution in [3.63, 3.8) is 0 Å². The van der Waals surface area contributed by atoms with E-state index in [1.807, 2.05) is 57.4 Å². The summed E-state index contributed by atoms with van der Waals surface area (Å²) in [6.07, 6.45) is 3.46. The molecule has 9 heteroatoms. The molecule has 0 spiro atoms. The van der Waals surface area contributed by atoms with Crippen molar-refractivity contribution < 1.29 is 19.0 Å². The second-order valence-corrected chi connectivity index (χ2v) is 10.2. The number of methoxy groups -OCH3 is 2. The molecule has 0 radical (unpaired) electrons. The number of ether oxygens (including phenoxy) is 3. The van der Waals surface area contributed by atoms with E-state index in [1.165, 1.54) is 0 Å². The first-order valence-electron chi connectivity index (χ1n) is 12.8. The minimum Gasteiger partial charge on any atom is -0.497 e. The Morgan fingerprint density at radius 3 is 1.71 bits per heavy atom. The first-order chi connectivity index (χ1) is 18.2. The van der Waals surface area contributed by atoms with Crippen LogP contribution in [-0.2, 0) is 17.8 Å². The lowest BCUT2D eigenvalue weighted by Gasteiger charge is -2.36. The third-order valence-electron chi connectivity index (χ3n) is 6.27. The molecule has 0 N–H and O–H groups in total. The molecule has 3 aromatic rings. The molecule has 1 aromatic heterocycles. The highest BCUT2D eigenvalue weighted by molar-refractivity contribution is 5.68. The van der Waals surface area contributed by atoms with Gasteiger partial charge in [-0.1, -0.05) is 24.3 Å². The topological polar surface area (TPSA) is 80.3 Å². The maximum Gasteiger partial charge on any atom is 0.410 e. The molecule has 1 saturated heterocycles. The highest BCUT2D eigenvalue weighted by Crippen LogP contribution is 2.22. The van der Waals surface area contributed by atoms with Crippen LogP contribution in [0.25, 0.3) is 0 Å². The monoisotopic (exact) mass is 519 g/mol. The number of benzene rings is 2. The van der Waals surface area contributed by atoms with E-state index in [1.54, 1.807) is 19.1 Å². The van der Waals surface area contributed by atoms with Gasteiger partial charge in [0.05, 0.1) is 32.3 Å². The number of aromatic nitrogens is 2. The van der Waals surface area contributed by atoms with Crippen molar-refractivity contribution in [3.05, 3.63) is 72.1 Å². The van der Waals surface area contributed by atoms with Gasteiger partial charge in [0.2, 0.25) is 5.95 Å². The fraction of sp³-hybridized carbons (Fsp3) is 0.414. The summed E-state index contributed by atoms with van der Waals surface area (Å²) in [4.78, 5) is 28.0. The minimum absolute atomic E-state index is 0.267. The van der Waals surface area contributed by atoms with Crippen molar-refractivity contribution in [1.29, 1.82) is 0 Å². The largest absolute Gasteiger partial charge is 0.497 e. The molecule has 0 unspecified atom stereocenters. The lowest BCUT2D eigenvalue weighted by molar-refractivity contribution is 0.0240. The van der Waals surface area contributed by atoms with Crippen LogP contribution in [0.15, 0.2) is 60.9 Å². The molecular formula is C29H37N5O4. The number of hydrogen-bond acceptors (Lipinski definition) is 8. The summed E-state index contributed by atoms with van der Waals surface area (Å²) in [6.45, 7) is 9.52. The van der Waals surface area contributed by atoms with Crippen molar-refractivity contribution in [2.24, 2.45) is 0 Å². The van der Waals surface area contributed by atoms with Gasteiger partial charge in [-0.15, -0.1) is 0 Å². The Kier molecular flexibility index (Phi) is 8.55. The molecule has 9 nitrogen and oxygen atoms in total. The van der Waals surface area contributed by atoms with Crippen molar-refractivity contribution in [2.45, 2.75) is 39.5 Å². The quantitative estimate of drug-likeness (QED) is 0.422. The van der Waals surface area contributed by atoms with E-state index >= 15 is 0 Å². The molecule has 1 aliphatic heterocycles. The zero-order valence-electron chi connectivity index (χ0n) is 22.9. The second-order valence-electron chi connectivity index (χ2n) is 10.2. The summed E-state index contributed by atoms with van der Waals surface area (Å²) in [5.41, 5.74) is 2.70. The van der Waals surface area contributed by atoms with Gasteiger partial charge >= 0.3 is 6.09 Å². The third kappa shape index (κ3) is 7.27. The van der Waals surface area contributed by atoms with E-state index in [2.05, 4.69) is 34.1 Å². The molecule has 202 valence electrons. The third-order valence-corrected chi connectivity index (χ3v) is 6.27. The van der Waals surface area contributed by atoms with E-state index in [9.17, 15) is 4.79 Å². The fourth-order valence-electron chi connectivity index (χ4n) is 4.21. The Balaban J connectivity index is 1.45. The molecule has 1 amide bonds. The molecule has 1 fully saturated rings. The van der Waals surface area contributed by atoms with E-state index in [-0.39, 0.29) is 6.09 Å². The van der Waals surface area contributed by atoms with Crippen molar-refractivity contribution >= 4 is 17.7 Å². The highest BCUT2D eigenvalue weighted by Gasteiger charge is 2.26. The van der Waals surface area contributed by atoms with E-state index in [4.69, 9.17) is 24.2 Å². The molecule has 0 saturated carbocycles. The van der Waals surface area contributed by atoms with Gasteiger partial charge in [0.1, 0.15) is 17.1 Å². The van der Waals surface area contributed by atoms with Crippen LogP contribution in [-0.4, -0.2) is 67.0 Å². The molecule has 4 rings (SSSR count). The standard InChI is InChI=1S/C29H37N5O4/c1-29(2,3)38-28(35)33-16-14-32(15-17-33)24-18-30-27(31-19-24)34(20-22-6-10-25(36-4)11-7-22)21-23-8-12-26(37-5)13-9-23/h6-13,18-19H,14-17,20-21H2,1-5H3. The van der Waals surface area contributed by atoms with Gasteiger partial charge in [0, 0.05) is 39.3 Å². The molecule has 2 aromatic carbocycles. The molecule has 1 aliphatic rings. The maximum absolute atomic E-state index is 12.4. The summed E-state index contributed by atoms with van der Waals surface area (Å²) in [5, 5.41) is 0. The second kappa shape index (κ2) is 12.0. The summed E-state index contributed by atoms with van der Waals surface area (Å²) >= 11 is 0. The van der Waals surface area contributed by atoms with Gasteiger partial charge in [0.15, 0.2) is 0 Å². The predicted octanol–water partition coefficient (Wildman–Crippen LogP) is 4.76. The number of nitrogens with zero attached hydrogens (tertiary/aromatic N) is 5.